The summed E-state index contributed by atoms with van der Waals surface area (Å²) in [4.78, 5) is 0. The Morgan fingerprint density at radius 1 is 0.541 bits per heavy atom. The number of nitrogens with zero attached hydrogens (tertiary/aromatic N) is 2. The number of rotatable bonds is 25. The fourth-order valence-electron chi connectivity index (χ4n) is 5.65. The zero-order chi connectivity index (χ0) is 26.2. The first-order chi connectivity index (χ1) is 18.3. The van der Waals surface area contributed by atoms with Gasteiger partial charge in [-0.25, -0.2) is 9.13 Å². The van der Waals surface area contributed by atoms with Crippen LogP contribution in [0.2, 0.25) is 0 Å². The number of hydrogen-bond donors (Lipinski definition) is 0. The Kier molecular flexibility index (Phi) is 19.2. The first kappa shape index (κ1) is 31.6. The molecule has 0 bridgehead atoms. The Morgan fingerprint density at radius 2 is 1.05 bits per heavy atom. The third-order valence-electron chi connectivity index (χ3n) is 8.05. The van der Waals surface area contributed by atoms with Crippen LogP contribution in [0.1, 0.15) is 154 Å². The standard InChI is InChI=1S/C35H61N2/c1-3-5-7-9-11-12-13-14-15-16-17-18-23-29-35-36(30-24-19-10-8-6-4-2)32-33-37(35)31-25-28-34-26-21-20-22-27-34/h20-22,26-27,32-33H,3-19,23-25,28-31H2,1-2H3/q+1. The van der Waals surface area contributed by atoms with Crippen LogP contribution in [0.4, 0.5) is 0 Å². The van der Waals surface area contributed by atoms with Gasteiger partial charge < -0.3 is 0 Å². The van der Waals surface area contributed by atoms with E-state index < -0.39 is 0 Å². The number of aromatic nitrogens is 2. The maximum absolute atomic E-state index is 2.59. The van der Waals surface area contributed by atoms with Crippen LogP contribution in [-0.2, 0) is 25.9 Å². The molecule has 2 rings (SSSR count). The van der Waals surface area contributed by atoms with Crippen LogP contribution in [0.15, 0.2) is 42.7 Å². The van der Waals surface area contributed by atoms with E-state index in [-0.39, 0.29) is 0 Å². The van der Waals surface area contributed by atoms with E-state index in [0.29, 0.717) is 0 Å². The van der Waals surface area contributed by atoms with E-state index in [4.69, 9.17) is 0 Å². The second-order valence-corrected chi connectivity index (χ2v) is 11.5. The van der Waals surface area contributed by atoms with Gasteiger partial charge in [0.25, 0.3) is 5.82 Å². The molecule has 0 aliphatic heterocycles. The van der Waals surface area contributed by atoms with Gasteiger partial charge in [-0.3, -0.25) is 0 Å². The molecule has 0 radical (unpaired) electrons. The molecule has 0 amide bonds. The molecule has 0 aliphatic rings. The van der Waals surface area contributed by atoms with Crippen LogP contribution in [-0.4, -0.2) is 4.57 Å². The average molecular weight is 510 g/mol. The minimum Gasteiger partial charge on any atom is -0.234 e. The number of unbranched alkanes of at least 4 members (excludes halogenated alkanes) is 17. The molecular formula is C35H61N2+. The van der Waals surface area contributed by atoms with Gasteiger partial charge in [0, 0.05) is 6.42 Å². The summed E-state index contributed by atoms with van der Waals surface area (Å²) in [6.07, 6.45) is 35.2. The van der Waals surface area contributed by atoms with E-state index >= 15 is 0 Å². The van der Waals surface area contributed by atoms with Crippen molar-refractivity contribution in [3.8, 4) is 0 Å². The van der Waals surface area contributed by atoms with Crippen LogP contribution in [0.5, 0.6) is 0 Å². The molecule has 1 aromatic heterocycles. The second kappa shape index (κ2) is 22.4. The third kappa shape index (κ3) is 15.4. The molecule has 0 saturated heterocycles. The molecular weight excluding hydrogens is 448 g/mol. The summed E-state index contributed by atoms with van der Waals surface area (Å²) in [6, 6.07) is 11.0. The maximum Gasteiger partial charge on any atom is 0.256 e. The third-order valence-corrected chi connectivity index (χ3v) is 8.05. The lowest BCUT2D eigenvalue weighted by atomic mass is 10.0. The van der Waals surface area contributed by atoms with Crippen LogP contribution < -0.4 is 4.57 Å². The van der Waals surface area contributed by atoms with Crippen LogP contribution in [0.3, 0.4) is 0 Å². The predicted molar refractivity (Wildman–Crippen MR) is 162 cm³/mol. The fraction of sp³-hybridized carbons (Fsp3) is 0.743. The molecule has 0 saturated carbocycles. The highest BCUT2D eigenvalue weighted by Gasteiger charge is 2.16. The zero-order valence-electron chi connectivity index (χ0n) is 24.9. The summed E-state index contributed by atoms with van der Waals surface area (Å²) in [7, 11) is 0. The van der Waals surface area contributed by atoms with E-state index in [1.54, 1.807) is 5.82 Å². The summed E-state index contributed by atoms with van der Waals surface area (Å²) in [5.41, 5.74) is 1.47. The topological polar surface area (TPSA) is 8.81 Å². The maximum atomic E-state index is 2.59. The van der Waals surface area contributed by atoms with Crippen LogP contribution in [0, 0.1) is 0 Å². The van der Waals surface area contributed by atoms with Crippen molar-refractivity contribution in [1.82, 2.24) is 4.57 Å². The highest BCUT2D eigenvalue weighted by atomic mass is 15.1. The Balaban J connectivity index is 1.67. The molecule has 0 fully saturated rings. The van der Waals surface area contributed by atoms with Crippen molar-refractivity contribution in [2.24, 2.45) is 0 Å². The number of imidazole rings is 1. The Morgan fingerprint density at radius 3 is 1.62 bits per heavy atom. The first-order valence-electron chi connectivity index (χ1n) is 16.5. The van der Waals surface area contributed by atoms with Crippen LogP contribution >= 0.6 is 0 Å². The van der Waals surface area contributed by atoms with Gasteiger partial charge in [-0.05, 0) is 37.7 Å². The zero-order valence-corrected chi connectivity index (χ0v) is 24.9. The Bertz CT molecular complexity index is 748. The summed E-state index contributed by atoms with van der Waals surface area (Å²) in [6.45, 7) is 6.95. The summed E-state index contributed by atoms with van der Waals surface area (Å²) >= 11 is 0. The van der Waals surface area contributed by atoms with E-state index in [2.05, 4.69) is 65.7 Å². The molecule has 37 heavy (non-hydrogen) atoms. The molecule has 0 N–H and O–H groups in total. The van der Waals surface area contributed by atoms with Crippen molar-refractivity contribution in [3.05, 3.63) is 54.1 Å². The number of benzene rings is 1. The summed E-state index contributed by atoms with van der Waals surface area (Å²) in [5.74, 6) is 1.57. The smallest absolute Gasteiger partial charge is 0.234 e. The lowest BCUT2D eigenvalue weighted by Crippen LogP contribution is -2.37. The molecule has 2 aromatic rings. The van der Waals surface area contributed by atoms with Gasteiger partial charge in [0.2, 0.25) is 0 Å². The summed E-state index contributed by atoms with van der Waals surface area (Å²) in [5, 5.41) is 0. The van der Waals surface area contributed by atoms with Gasteiger partial charge >= 0.3 is 0 Å². The lowest BCUT2D eigenvalue weighted by molar-refractivity contribution is -0.704. The van der Waals surface area contributed by atoms with E-state index in [0.717, 1.165) is 6.54 Å². The molecule has 0 spiro atoms. The minimum absolute atomic E-state index is 1.15. The predicted octanol–water partition coefficient (Wildman–Crippen LogP) is 10.4. The van der Waals surface area contributed by atoms with Crippen LogP contribution in [0.25, 0.3) is 0 Å². The quantitative estimate of drug-likeness (QED) is 0.0929. The van der Waals surface area contributed by atoms with Gasteiger partial charge in [0.1, 0.15) is 12.4 Å². The van der Waals surface area contributed by atoms with Gasteiger partial charge in [0.15, 0.2) is 0 Å². The average Bonchev–Trinajstić information content (AvgIpc) is 3.30. The van der Waals surface area contributed by atoms with E-state index in [9.17, 15) is 0 Å². The first-order valence-corrected chi connectivity index (χ1v) is 16.5. The van der Waals surface area contributed by atoms with Crippen molar-refractivity contribution in [1.29, 1.82) is 0 Å². The fourth-order valence-corrected chi connectivity index (χ4v) is 5.65. The SMILES string of the molecule is CCCCCCCCCCCCCCCc1n(CCCCCCCC)cc[n+]1CCCc1ccccc1. The molecule has 210 valence electrons. The van der Waals surface area contributed by atoms with Crippen molar-refractivity contribution in [2.75, 3.05) is 0 Å². The molecule has 2 heteroatoms. The van der Waals surface area contributed by atoms with Gasteiger partial charge in [-0.15, -0.1) is 0 Å². The second-order valence-electron chi connectivity index (χ2n) is 11.5. The van der Waals surface area contributed by atoms with Gasteiger partial charge in [0.05, 0.1) is 13.1 Å². The molecule has 0 aliphatic carbocycles. The van der Waals surface area contributed by atoms with Gasteiger partial charge in [-0.2, -0.15) is 0 Å². The Labute approximate surface area is 231 Å². The number of hydrogen-bond acceptors (Lipinski definition) is 0. The Hall–Kier alpha value is -1.57. The molecule has 0 atom stereocenters. The molecule has 2 nitrogen and oxygen atoms in total. The van der Waals surface area contributed by atoms with Gasteiger partial charge in [-0.1, -0.05) is 147 Å². The molecule has 1 heterocycles. The van der Waals surface area contributed by atoms with E-state index in [1.165, 1.54) is 153 Å². The minimum atomic E-state index is 1.15. The molecule has 1 aromatic carbocycles. The normalized spacial score (nSPS) is 11.4. The largest absolute Gasteiger partial charge is 0.256 e. The highest BCUT2D eigenvalue weighted by Crippen LogP contribution is 2.14. The lowest BCUT2D eigenvalue weighted by Gasteiger charge is -2.07. The molecule has 0 unspecified atom stereocenters. The van der Waals surface area contributed by atoms with Crippen molar-refractivity contribution >= 4 is 0 Å². The van der Waals surface area contributed by atoms with Crippen molar-refractivity contribution < 1.29 is 4.57 Å². The highest BCUT2D eigenvalue weighted by molar-refractivity contribution is 5.14. The van der Waals surface area contributed by atoms with Crippen molar-refractivity contribution in [2.45, 2.75) is 168 Å². The number of aryl methyl sites for hydroxylation is 3. The monoisotopic (exact) mass is 509 g/mol. The van der Waals surface area contributed by atoms with Crippen molar-refractivity contribution in [3.63, 3.8) is 0 Å². The summed E-state index contributed by atoms with van der Waals surface area (Å²) < 4.78 is 5.16. The van der Waals surface area contributed by atoms with E-state index in [1.807, 2.05) is 0 Å².